The lowest BCUT2D eigenvalue weighted by molar-refractivity contribution is 0.0588. The predicted octanol–water partition coefficient (Wildman–Crippen LogP) is 1.13. The molecule has 2 rings (SSSR count). The number of benzene rings is 1. The van der Waals surface area contributed by atoms with Crippen LogP contribution in [0.1, 0.15) is 32.2 Å². The molecule has 0 fully saturated rings. The molecular weight excluding hydrogens is 258 g/mol. The second kappa shape index (κ2) is 5.56. The number of amides is 1. The highest BCUT2D eigenvalue weighted by Gasteiger charge is 2.15. The third kappa shape index (κ3) is 2.69. The van der Waals surface area contributed by atoms with E-state index in [0.717, 1.165) is 5.56 Å². The van der Waals surface area contributed by atoms with Crippen LogP contribution in [0.2, 0.25) is 0 Å². The number of nitrogens with zero attached hydrogens (tertiary/aromatic N) is 2. The largest absolute Gasteiger partial charge is 0.464 e. The van der Waals surface area contributed by atoms with Gasteiger partial charge in [-0.3, -0.25) is 4.79 Å². The molecular formula is C14H15N3O3. The first-order valence-electron chi connectivity index (χ1n) is 6.02. The van der Waals surface area contributed by atoms with Crippen LogP contribution in [-0.4, -0.2) is 28.5 Å². The molecule has 6 heteroatoms. The second-order valence-electron chi connectivity index (χ2n) is 4.33. The monoisotopic (exact) mass is 273 g/mol. The van der Waals surface area contributed by atoms with E-state index in [1.165, 1.54) is 13.3 Å². The number of rotatable bonds is 4. The highest BCUT2D eigenvalue weighted by atomic mass is 16.5. The van der Waals surface area contributed by atoms with Gasteiger partial charge in [-0.05, 0) is 24.6 Å². The van der Waals surface area contributed by atoms with Gasteiger partial charge in [0.2, 0.25) is 5.91 Å². The molecule has 0 unspecified atom stereocenters. The molecule has 0 saturated heterocycles. The number of primary amides is 1. The molecule has 0 radical (unpaired) electrons. The van der Waals surface area contributed by atoms with E-state index in [2.05, 4.69) is 4.98 Å². The number of hydrogen-bond donors (Lipinski definition) is 1. The molecule has 0 aliphatic rings. The van der Waals surface area contributed by atoms with Crippen LogP contribution >= 0.6 is 0 Å². The Hall–Kier alpha value is -2.63. The van der Waals surface area contributed by atoms with Crippen molar-refractivity contribution in [3.8, 4) is 0 Å². The van der Waals surface area contributed by atoms with Gasteiger partial charge in [0.25, 0.3) is 0 Å². The normalized spacial score (nSPS) is 10.3. The molecule has 104 valence electrons. The zero-order valence-electron chi connectivity index (χ0n) is 11.3. The molecule has 0 aliphatic carbocycles. The first-order chi connectivity index (χ1) is 9.52. The molecule has 1 aromatic heterocycles. The number of imidazole rings is 1. The van der Waals surface area contributed by atoms with Crippen LogP contribution in [0.3, 0.4) is 0 Å². The quantitative estimate of drug-likeness (QED) is 0.846. The number of ether oxygens (including phenoxy) is 1. The highest BCUT2D eigenvalue weighted by molar-refractivity contribution is 5.92. The Kier molecular flexibility index (Phi) is 3.84. The first-order valence-corrected chi connectivity index (χ1v) is 6.02. The van der Waals surface area contributed by atoms with Gasteiger partial charge in [-0.2, -0.15) is 0 Å². The fraction of sp³-hybridized carbons (Fsp3) is 0.214. The maximum atomic E-state index is 11.6. The molecule has 0 atom stereocenters. The van der Waals surface area contributed by atoms with Crippen LogP contribution in [-0.2, 0) is 11.3 Å². The Balaban J connectivity index is 2.28. The van der Waals surface area contributed by atoms with E-state index >= 15 is 0 Å². The SMILES string of the molecule is COC(=O)c1cnc(C)n1Cc1ccc(C(N)=O)cc1. The van der Waals surface area contributed by atoms with Gasteiger partial charge in [-0.25, -0.2) is 9.78 Å². The highest BCUT2D eigenvalue weighted by Crippen LogP contribution is 2.12. The minimum Gasteiger partial charge on any atom is -0.464 e. The fourth-order valence-electron chi connectivity index (χ4n) is 1.89. The van der Waals surface area contributed by atoms with E-state index in [-0.39, 0.29) is 0 Å². The summed E-state index contributed by atoms with van der Waals surface area (Å²) in [6, 6.07) is 6.89. The molecule has 0 spiro atoms. The summed E-state index contributed by atoms with van der Waals surface area (Å²) in [7, 11) is 1.33. The summed E-state index contributed by atoms with van der Waals surface area (Å²) in [5, 5.41) is 0. The molecule has 2 N–H and O–H groups in total. The number of aryl methyl sites for hydroxylation is 1. The minimum atomic E-state index is -0.467. The van der Waals surface area contributed by atoms with Crippen molar-refractivity contribution in [3.63, 3.8) is 0 Å². The maximum absolute atomic E-state index is 11.6. The summed E-state index contributed by atoms with van der Waals surface area (Å²) in [5.41, 5.74) is 6.96. The maximum Gasteiger partial charge on any atom is 0.356 e. The fourth-order valence-corrected chi connectivity index (χ4v) is 1.89. The summed E-state index contributed by atoms with van der Waals surface area (Å²) in [5.74, 6) is -0.186. The minimum absolute atomic E-state index is 0.393. The number of carbonyl (C=O) groups is 2. The summed E-state index contributed by atoms with van der Waals surface area (Å²) >= 11 is 0. The third-order valence-corrected chi connectivity index (χ3v) is 3.03. The van der Waals surface area contributed by atoms with E-state index in [0.29, 0.717) is 23.6 Å². The number of esters is 1. The average molecular weight is 273 g/mol. The number of methoxy groups -OCH3 is 1. The number of hydrogen-bond acceptors (Lipinski definition) is 4. The Morgan fingerprint density at radius 1 is 1.30 bits per heavy atom. The van der Waals surface area contributed by atoms with Crippen molar-refractivity contribution in [2.45, 2.75) is 13.5 Å². The van der Waals surface area contributed by atoms with Crippen molar-refractivity contribution < 1.29 is 14.3 Å². The van der Waals surface area contributed by atoms with Gasteiger partial charge in [-0.15, -0.1) is 0 Å². The van der Waals surface area contributed by atoms with E-state index in [4.69, 9.17) is 10.5 Å². The Bertz CT molecular complexity index is 644. The lowest BCUT2D eigenvalue weighted by Gasteiger charge is -2.09. The van der Waals surface area contributed by atoms with Crippen LogP contribution in [0.15, 0.2) is 30.5 Å². The summed E-state index contributed by atoms with van der Waals surface area (Å²) < 4.78 is 6.47. The Morgan fingerprint density at radius 3 is 2.50 bits per heavy atom. The molecule has 20 heavy (non-hydrogen) atoms. The summed E-state index contributed by atoms with van der Waals surface area (Å²) in [6.45, 7) is 2.28. The number of aromatic nitrogens is 2. The average Bonchev–Trinajstić information content (AvgIpc) is 2.80. The molecule has 1 heterocycles. The van der Waals surface area contributed by atoms with Gasteiger partial charge in [0.05, 0.1) is 13.3 Å². The van der Waals surface area contributed by atoms with Gasteiger partial charge < -0.3 is 15.0 Å². The molecule has 1 aromatic carbocycles. The summed E-state index contributed by atoms with van der Waals surface area (Å²) in [4.78, 5) is 26.8. The standard InChI is InChI=1S/C14H15N3O3/c1-9-16-7-12(14(19)20-2)17(9)8-10-3-5-11(6-4-10)13(15)18/h3-7H,8H2,1-2H3,(H2,15,18). The van der Waals surface area contributed by atoms with Crippen molar-refractivity contribution in [2.75, 3.05) is 7.11 Å². The van der Waals surface area contributed by atoms with E-state index in [1.54, 1.807) is 28.8 Å². The third-order valence-electron chi connectivity index (χ3n) is 3.03. The van der Waals surface area contributed by atoms with Crippen LogP contribution in [0, 0.1) is 6.92 Å². The van der Waals surface area contributed by atoms with Gasteiger partial charge in [-0.1, -0.05) is 12.1 Å². The number of nitrogens with two attached hydrogens (primary N) is 1. The molecule has 0 aliphatic heterocycles. The Labute approximate surface area is 116 Å². The van der Waals surface area contributed by atoms with Gasteiger partial charge in [0.15, 0.2) is 0 Å². The van der Waals surface area contributed by atoms with Crippen molar-refractivity contribution >= 4 is 11.9 Å². The van der Waals surface area contributed by atoms with Gasteiger partial charge in [0, 0.05) is 12.1 Å². The molecule has 0 bridgehead atoms. The van der Waals surface area contributed by atoms with Crippen molar-refractivity contribution in [1.82, 2.24) is 9.55 Å². The van der Waals surface area contributed by atoms with Crippen LogP contribution in [0.5, 0.6) is 0 Å². The predicted molar refractivity (Wildman–Crippen MR) is 72.4 cm³/mol. The van der Waals surface area contributed by atoms with Crippen LogP contribution in [0.4, 0.5) is 0 Å². The van der Waals surface area contributed by atoms with Crippen molar-refractivity contribution in [2.24, 2.45) is 5.73 Å². The number of carbonyl (C=O) groups excluding carboxylic acids is 2. The first kappa shape index (κ1) is 13.8. The van der Waals surface area contributed by atoms with Crippen LogP contribution < -0.4 is 5.73 Å². The zero-order valence-corrected chi connectivity index (χ0v) is 11.3. The lowest BCUT2D eigenvalue weighted by atomic mass is 10.1. The van der Waals surface area contributed by atoms with E-state index in [9.17, 15) is 9.59 Å². The van der Waals surface area contributed by atoms with Gasteiger partial charge in [0.1, 0.15) is 11.5 Å². The Morgan fingerprint density at radius 2 is 1.95 bits per heavy atom. The topological polar surface area (TPSA) is 87.2 Å². The second-order valence-corrected chi connectivity index (χ2v) is 4.33. The molecule has 0 saturated carbocycles. The van der Waals surface area contributed by atoms with E-state index in [1.807, 2.05) is 6.92 Å². The summed E-state index contributed by atoms with van der Waals surface area (Å²) in [6.07, 6.45) is 1.49. The van der Waals surface area contributed by atoms with Crippen molar-refractivity contribution in [1.29, 1.82) is 0 Å². The van der Waals surface area contributed by atoms with E-state index < -0.39 is 11.9 Å². The smallest absolute Gasteiger partial charge is 0.356 e. The molecule has 1 amide bonds. The molecule has 2 aromatic rings. The van der Waals surface area contributed by atoms with Gasteiger partial charge >= 0.3 is 5.97 Å². The zero-order chi connectivity index (χ0) is 14.7. The molecule has 6 nitrogen and oxygen atoms in total. The van der Waals surface area contributed by atoms with Crippen molar-refractivity contribution in [3.05, 3.63) is 53.1 Å². The lowest BCUT2D eigenvalue weighted by Crippen LogP contribution is -2.13. The van der Waals surface area contributed by atoms with Crippen LogP contribution in [0.25, 0.3) is 0 Å².